The molecule has 1 rings (SSSR count). The van der Waals surface area contributed by atoms with E-state index in [1.807, 2.05) is 11.9 Å². The van der Waals surface area contributed by atoms with Gasteiger partial charge in [-0.1, -0.05) is 33.1 Å². The van der Waals surface area contributed by atoms with Gasteiger partial charge in [0.05, 0.1) is 0 Å². The highest BCUT2D eigenvalue weighted by molar-refractivity contribution is 5.78. The fourth-order valence-electron chi connectivity index (χ4n) is 3.01. The minimum Gasteiger partial charge on any atom is -0.345 e. The monoisotopic (exact) mass is 254 g/mol. The molecule has 2 N–H and O–H groups in total. The predicted octanol–water partition coefficient (Wildman–Crippen LogP) is 2.65. The highest BCUT2D eigenvalue weighted by atomic mass is 16.2. The number of nitrogens with two attached hydrogens (primary N) is 1. The molecular weight excluding hydrogens is 224 g/mol. The third-order valence-corrected chi connectivity index (χ3v) is 4.37. The predicted molar refractivity (Wildman–Crippen MR) is 76.2 cm³/mol. The third-order valence-electron chi connectivity index (χ3n) is 4.37. The zero-order valence-corrected chi connectivity index (χ0v) is 12.3. The molecule has 0 radical (unpaired) electrons. The minimum absolute atomic E-state index is 0.254. The van der Waals surface area contributed by atoms with Crippen molar-refractivity contribution in [1.29, 1.82) is 0 Å². The number of nitrogens with zero attached hydrogens (tertiary/aromatic N) is 1. The molecule has 18 heavy (non-hydrogen) atoms. The van der Waals surface area contributed by atoms with E-state index in [2.05, 4.69) is 13.8 Å². The van der Waals surface area contributed by atoms with Crippen LogP contribution in [-0.2, 0) is 4.79 Å². The van der Waals surface area contributed by atoms with Crippen LogP contribution in [0.5, 0.6) is 0 Å². The fourth-order valence-corrected chi connectivity index (χ4v) is 3.01. The van der Waals surface area contributed by atoms with Crippen LogP contribution < -0.4 is 5.73 Å². The average molecular weight is 254 g/mol. The quantitative estimate of drug-likeness (QED) is 0.792. The zero-order chi connectivity index (χ0) is 13.5. The molecule has 1 aliphatic rings. The lowest BCUT2D eigenvalue weighted by Crippen LogP contribution is -2.38. The maximum Gasteiger partial charge on any atom is 0.225 e. The summed E-state index contributed by atoms with van der Waals surface area (Å²) in [5.74, 6) is 1.89. The van der Waals surface area contributed by atoms with Crippen molar-refractivity contribution in [2.24, 2.45) is 23.5 Å². The number of rotatable bonds is 6. The van der Waals surface area contributed by atoms with Gasteiger partial charge in [0.1, 0.15) is 0 Å². The van der Waals surface area contributed by atoms with Crippen LogP contribution in [0, 0.1) is 17.8 Å². The molecule has 0 aromatic heterocycles. The normalized spacial score (nSPS) is 25.8. The van der Waals surface area contributed by atoms with Gasteiger partial charge in [0.25, 0.3) is 0 Å². The van der Waals surface area contributed by atoms with E-state index in [0.29, 0.717) is 17.7 Å². The summed E-state index contributed by atoms with van der Waals surface area (Å²) in [6.45, 7) is 6.05. The first-order chi connectivity index (χ1) is 8.58. The second kappa shape index (κ2) is 7.78. The summed E-state index contributed by atoms with van der Waals surface area (Å²) in [5, 5.41) is 0. The van der Waals surface area contributed by atoms with Gasteiger partial charge in [-0.2, -0.15) is 0 Å². The highest BCUT2D eigenvalue weighted by Crippen LogP contribution is 2.31. The van der Waals surface area contributed by atoms with Crippen LogP contribution in [0.15, 0.2) is 0 Å². The van der Waals surface area contributed by atoms with Crippen LogP contribution in [-0.4, -0.2) is 30.9 Å². The third kappa shape index (κ3) is 4.60. The first-order valence-corrected chi connectivity index (χ1v) is 7.53. The molecule has 3 atom stereocenters. The van der Waals surface area contributed by atoms with Crippen molar-refractivity contribution >= 4 is 5.91 Å². The van der Waals surface area contributed by atoms with Crippen LogP contribution in [0.25, 0.3) is 0 Å². The molecule has 0 saturated heterocycles. The molecule has 3 heteroatoms. The van der Waals surface area contributed by atoms with Crippen LogP contribution in [0.3, 0.4) is 0 Å². The van der Waals surface area contributed by atoms with E-state index in [1.54, 1.807) is 0 Å². The summed E-state index contributed by atoms with van der Waals surface area (Å²) in [6.07, 6.45) is 6.80. The summed E-state index contributed by atoms with van der Waals surface area (Å²) >= 11 is 0. The first kappa shape index (κ1) is 15.5. The van der Waals surface area contributed by atoms with Gasteiger partial charge in [0, 0.05) is 19.5 Å². The Kier molecular flexibility index (Phi) is 6.69. The molecule has 3 nitrogen and oxygen atoms in total. The Bertz CT molecular complexity index is 253. The molecule has 3 unspecified atom stereocenters. The number of amides is 1. The fraction of sp³-hybridized carbons (Fsp3) is 0.933. The van der Waals surface area contributed by atoms with Gasteiger partial charge < -0.3 is 10.6 Å². The largest absolute Gasteiger partial charge is 0.345 e. The molecule has 0 aromatic carbocycles. The summed E-state index contributed by atoms with van der Waals surface area (Å²) in [5.41, 5.74) is 5.63. The SMILES string of the molecule is CCC(C)CN(C)C(=O)C1CCCC(CCN)C1. The highest BCUT2D eigenvalue weighted by Gasteiger charge is 2.28. The molecule has 0 aliphatic heterocycles. The van der Waals surface area contributed by atoms with Crippen molar-refractivity contribution in [2.45, 2.75) is 52.4 Å². The van der Waals surface area contributed by atoms with Gasteiger partial charge in [-0.3, -0.25) is 4.79 Å². The van der Waals surface area contributed by atoms with E-state index >= 15 is 0 Å². The van der Waals surface area contributed by atoms with E-state index in [1.165, 1.54) is 12.8 Å². The molecule has 106 valence electrons. The number of carbonyl (C=O) groups is 1. The van der Waals surface area contributed by atoms with Crippen LogP contribution in [0.1, 0.15) is 52.4 Å². The van der Waals surface area contributed by atoms with Gasteiger partial charge in [-0.15, -0.1) is 0 Å². The Balaban J connectivity index is 2.44. The van der Waals surface area contributed by atoms with Gasteiger partial charge in [-0.25, -0.2) is 0 Å². The molecular formula is C15H30N2O. The van der Waals surface area contributed by atoms with Crippen molar-refractivity contribution in [1.82, 2.24) is 4.90 Å². The molecule has 1 amide bonds. The Labute approximate surface area is 112 Å². The van der Waals surface area contributed by atoms with E-state index in [-0.39, 0.29) is 5.92 Å². The number of carbonyl (C=O) groups excluding carboxylic acids is 1. The Morgan fingerprint density at radius 3 is 2.78 bits per heavy atom. The van der Waals surface area contributed by atoms with Crippen LogP contribution in [0.4, 0.5) is 0 Å². The first-order valence-electron chi connectivity index (χ1n) is 7.53. The van der Waals surface area contributed by atoms with E-state index < -0.39 is 0 Å². The van der Waals surface area contributed by atoms with Crippen LogP contribution in [0.2, 0.25) is 0 Å². The average Bonchev–Trinajstić information content (AvgIpc) is 2.38. The molecule has 0 spiro atoms. The van der Waals surface area contributed by atoms with E-state index in [0.717, 1.165) is 38.8 Å². The molecule has 0 bridgehead atoms. The van der Waals surface area contributed by atoms with Gasteiger partial charge in [-0.05, 0) is 37.6 Å². The van der Waals surface area contributed by atoms with Crippen molar-refractivity contribution in [2.75, 3.05) is 20.1 Å². The minimum atomic E-state index is 0.254. The lowest BCUT2D eigenvalue weighted by atomic mass is 9.79. The van der Waals surface area contributed by atoms with E-state index in [9.17, 15) is 4.79 Å². The van der Waals surface area contributed by atoms with E-state index in [4.69, 9.17) is 5.73 Å². The topological polar surface area (TPSA) is 46.3 Å². The summed E-state index contributed by atoms with van der Waals surface area (Å²) in [6, 6.07) is 0. The molecule has 0 aromatic rings. The van der Waals surface area contributed by atoms with Crippen molar-refractivity contribution in [3.05, 3.63) is 0 Å². The lowest BCUT2D eigenvalue weighted by Gasteiger charge is -2.32. The number of hydrogen-bond acceptors (Lipinski definition) is 2. The molecule has 1 saturated carbocycles. The number of hydrogen-bond donors (Lipinski definition) is 1. The smallest absolute Gasteiger partial charge is 0.225 e. The summed E-state index contributed by atoms with van der Waals surface area (Å²) < 4.78 is 0. The van der Waals surface area contributed by atoms with Gasteiger partial charge >= 0.3 is 0 Å². The Morgan fingerprint density at radius 1 is 1.44 bits per heavy atom. The molecule has 1 fully saturated rings. The standard InChI is InChI=1S/C15H30N2O/c1-4-12(2)11-17(3)15(18)14-7-5-6-13(10-14)8-9-16/h12-14H,4-11,16H2,1-3H3. The maximum absolute atomic E-state index is 12.4. The Morgan fingerprint density at radius 2 is 2.17 bits per heavy atom. The van der Waals surface area contributed by atoms with Gasteiger partial charge in [0.15, 0.2) is 0 Å². The molecule has 0 heterocycles. The van der Waals surface area contributed by atoms with Crippen molar-refractivity contribution < 1.29 is 4.79 Å². The summed E-state index contributed by atoms with van der Waals surface area (Å²) in [4.78, 5) is 14.3. The summed E-state index contributed by atoms with van der Waals surface area (Å²) in [7, 11) is 1.96. The lowest BCUT2D eigenvalue weighted by molar-refractivity contribution is -0.136. The Hall–Kier alpha value is -0.570. The van der Waals surface area contributed by atoms with Crippen molar-refractivity contribution in [3.63, 3.8) is 0 Å². The van der Waals surface area contributed by atoms with Gasteiger partial charge in [0.2, 0.25) is 5.91 Å². The molecule has 1 aliphatic carbocycles. The maximum atomic E-state index is 12.4. The van der Waals surface area contributed by atoms with Crippen molar-refractivity contribution in [3.8, 4) is 0 Å². The van der Waals surface area contributed by atoms with Crippen LogP contribution >= 0.6 is 0 Å². The second-order valence-corrected chi connectivity index (χ2v) is 6.04. The second-order valence-electron chi connectivity index (χ2n) is 6.04. The zero-order valence-electron chi connectivity index (χ0n) is 12.3.